The molecule has 1 atom stereocenters. The number of rotatable bonds is 2. The smallest absolute Gasteiger partial charge is 0.0363 e. The monoisotopic (exact) mass is 175 g/mol. The predicted octanol–water partition coefficient (Wildman–Crippen LogP) is 2.29. The van der Waals surface area contributed by atoms with Crippen LogP contribution in [0.15, 0.2) is 23.3 Å². The van der Waals surface area contributed by atoms with Gasteiger partial charge in [-0.2, -0.15) is 0 Å². The highest BCUT2D eigenvalue weighted by atomic mass is 35.5. The Morgan fingerprint density at radius 1 is 1.80 bits per heavy atom. The van der Waals surface area contributed by atoms with E-state index in [0.717, 1.165) is 17.2 Å². The van der Waals surface area contributed by atoms with Crippen molar-refractivity contribution in [2.75, 3.05) is 5.75 Å². The van der Waals surface area contributed by atoms with E-state index in [1.807, 2.05) is 12.2 Å². The standard InChI is InChI=1S/C7H10ClNS/c8-7-3-1-6(2-4-7)5-10-9/h1,3-4,6H,2,5,9H2. The van der Waals surface area contributed by atoms with E-state index in [1.165, 1.54) is 11.9 Å². The Labute approximate surface area is 70.4 Å². The average Bonchev–Trinajstić information content (AvgIpc) is 1.95. The molecule has 0 aromatic heterocycles. The molecule has 1 aliphatic carbocycles. The highest BCUT2D eigenvalue weighted by Crippen LogP contribution is 2.20. The second-order valence-corrected chi connectivity index (χ2v) is 3.38. The average molecular weight is 176 g/mol. The highest BCUT2D eigenvalue weighted by Gasteiger charge is 2.05. The van der Waals surface area contributed by atoms with Gasteiger partial charge in [0.1, 0.15) is 0 Å². The summed E-state index contributed by atoms with van der Waals surface area (Å²) >= 11 is 7.10. The van der Waals surface area contributed by atoms with Crippen LogP contribution in [-0.4, -0.2) is 5.75 Å². The fraction of sp³-hybridized carbons (Fsp3) is 0.429. The number of hydrogen-bond donors (Lipinski definition) is 1. The lowest BCUT2D eigenvalue weighted by molar-refractivity contribution is 0.748. The molecule has 0 spiro atoms. The molecular weight excluding hydrogens is 166 g/mol. The lowest BCUT2D eigenvalue weighted by Crippen LogP contribution is -2.03. The molecule has 2 N–H and O–H groups in total. The van der Waals surface area contributed by atoms with Crippen molar-refractivity contribution in [1.82, 2.24) is 0 Å². The lowest BCUT2D eigenvalue weighted by Gasteiger charge is -2.11. The molecule has 56 valence electrons. The van der Waals surface area contributed by atoms with Gasteiger partial charge in [-0.1, -0.05) is 35.7 Å². The Hall–Kier alpha value is 0.0800. The molecule has 0 saturated carbocycles. The largest absolute Gasteiger partial charge is 0.278 e. The number of hydrogen-bond acceptors (Lipinski definition) is 2. The van der Waals surface area contributed by atoms with Gasteiger partial charge in [0.2, 0.25) is 0 Å². The van der Waals surface area contributed by atoms with Crippen molar-refractivity contribution in [3.05, 3.63) is 23.3 Å². The zero-order chi connectivity index (χ0) is 7.40. The summed E-state index contributed by atoms with van der Waals surface area (Å²) in [6, 6.07) is 0. The van der Waals surface area contributed by atoms with Gasteiger partial charge in [0.15, 0.2) is 0 Å². The van der Waals surface area contributed by atoms with E-state index in [9.17, 15) is 0 Å². The van der Waals surface area contributed by atoms with Gasteiger partial charge in [-0.25, -0.2) is 0 Å². The molecule has 1 unspecified atom stereocenters. The van der Waals surface area contributed by atoms with E-state index >= 15 is 0 Å². The van der Waals surface area contributed by atoms with Crippen LogP contribution in [0, 0.1) is 5.92 Å². The molecule has 0 fully saturated rings. The molecule has 0 aromatic carbocycles. The van der Waals surface area contributed by atoms with Crippen molar-refractivity contribution < 1.29 is 0 Å². The van der Waals surface area contributed by atoms with Crippen LogP contribution < -0.4 is 5.14 Å². The van der Waals surface area contributed by atoms with Crippen LogP contribution in [0.4, 0.5) is 0 Å². The lowest BCUT2D eigenvalue weighted by atomic mass is 10.0. The van der Waals surface area contributed by atoms with Crippen LogP contribution >= 0.6 is 23.5 Å². The van der Waals surface area contributed by atoms with Gasteiger partial charge in [-0.15, -0.1) is 0 Å². The van der Waals surface area contributed by atoms with E-state index in [1.54, 1.807) is 0 Å². The van der Waals surface area contributed by atoms with Crippen molar-refractivity contribution in [2.24, 2.45) is 11.1 Å². The third-order valence-electron chi connectivity index (χ3n) is 1.45. The Balaban J connectivity index is 2.37. The molecule has 0 amide bonds. The van der Waals surface area contributed by atoms with Crippen molar-refractivity contribution in [3.8, 4) is 0 Å². The first-order chi connectivity index (χ1) is 4.83. The van der Waals surface area contributed by atoms with Crippen LogP contribution in [0.2, 0.25) is 0 Å². The summed E-state index contributed by atoms with van der Waals surface area (Å²) in [5.74, 6) is 1.56. The third-order valence-corrected chi connectivity index (χ3v) is 2.35. The summed E-state index contributed by atoms with van der Waals surface area (Å²) < 4.78 is 0. The maximum Gasteiger partial charge on any atom is 0.0363 e. The van der Waals surface area contributed by atoms with Crippen molar-refractivity contribution in [3.63, 3.8) is 0 Å². The molecule has 1 aliphatic rings. The minimum atomic E-state index is 0.581. The summed E-state index contributed by atoms with van der Waals surface area (Å²) in [5.41, 5.74) is 0. The first kappa shape index (κ1) is 8.18. The fourth-order valence-corrected chi connectivity index (χ4v) is 1.54. The van der Waals surface area contributed by atoms with Gasteiger partial charge in [0, 0.05) is 10.8 Å². The zero-order valence-corrected chi connectivity index (χ0v) is 7.16. The van der Waals surface area contributed by atoms with E-state index in [0.29, 0.717) is 5.92 Å². The maximum atomic E-state index is 5.72. The Kier molecular flexibility index (Phi) is 3.32. The van der Waals surface area contributed by atoms with E-state index < -0.39 is 0 Å². The second-order valence-electron chi connectivity index (χ2n) is 2.28. The van der Waals surface area contributed by atoms with Crippen LogP contribution in [0.25, 0.3) is 0 Å². The Bertz CT molecular complexity index is 165. The maximum absolute atomic E-state index is 5.72. The number of halogens is 1. The molecule has 0 heterocycles. The molecule has 0 aromatic rings. The van der Waals surface area contributed by atoms with Gasteiger partial charge in [-0.05, 0) is 18.4 Å². The SMILES string of the molecule is NSCC1C=CC(Cl)=CC1. The molecule has 3 heteroatoms. The predicted molar refractivity (Wildman–Crippen MR) is 47.8 cm³/mol. The van der Waals surface area contributed by atoms with Crippen molar-refractivity contribution in [1.29, 1.82) is 0 Å². The fourth-order valence-electron chi connectivity index (χ4n) is 0.886. The molecule has 1 rings (SSSR count). The summed E-state index contributed by atoms with van der Waals surface area (Å²) in [6.45, 7) is 0. The first-order valence-electron chi connectivity index (χ1n) is 3.18. The molecule has 0 bridgehead atoms. The Morgan fingerprint density at radius 2 is 2.60 bits per heavy atom. The first-order valence-corrected chi connectivity index (χ1v) is 4.61. The summed E-state index contributed by atoms with van der Waals surface area (Å²) in [5, 5.41) is 6.17. The topological polar surface area (TPSA) is 26.0 Å². The molecule has 1 nitrogen and oxygen atoms in total. The normalized spacial score (nSPS) is 24.6. The van der Waals surface area contributed by atoms with Gasteiger partial charge in [-0.3, -0.25) is 5.14 Å². The number of allylic oxidation sites excluding steroid dienone is 4. The van der Waals surface area contributed by atoms with Crippen LogP contribution in [0.5, 0.6) is 0 Å². The van der Waals surface area contributed by atoms with Crippen molar-refractivity contribution in [2.45, 2.75) is 6.42 Å². The van der Waals surface area contributed by atoms with Crippen LogP contribution in [0.1, 0.15) is 6.42 Å². The minimum Gasteiger partial charge on any atom is -0.278 e. The van der Waals surface area contributed by atoms with E-state index in [2.05, 4.69) is 6.08 Å². The summed E-state index contributed by atoms with van der Waals surface area (Å²) in [6.07, 6.45) is 7.11. The minimum absolute atomic E-state index is 0.581. The van der Waals surface area contributed by atoms with Gasteiger partial charge >= 0.3 is 0 Å². The molecule has 0 saturated heterocycles. The van der Waals surface area contributed by atoms with Gasteiger partial charge < -0.3 is 0 Å². The summed E-state index contributed by atoms with van der Waals surface area (Å²) in [4.78, 5) is 0. The number of nitrogens with two attached hydrogens (primary N) is 1. The third kappa shape index (κ3) is 2.37. The van der Waals surface area contributed by atoms with Crippen LogP contribution in [0.3, 0.4) is 0 Å². The second kappa shape index (κ2) is 4.06. The van der Waals surface area contributed by atoms with Gasteiger partial charge in [0.05, 0.1) is 0 Å². The van der Waals surface area contributed by atoms with Gasteiger partial charge in [0.25, 0.3) is 0 Å². The molecule has 10 heavy (non-hydrogen) atoms. The quantitative estimate of drug-likeness (QED) is 0.652. The molecular formula is C7H10ClNS. The molecule has 0 radical (unpaired) electrons. The van der Waals surface area contributed by atoms with E-state index in [4.69, 9.17) is 16.7 Å². The van der Waals surface area contributed by atoms with Crippen molar-refractivity contribution >= 4 is 23.5 Å². The highest BCUT2D eigenvalue weighted by molar-refractivity contribution is 7.97. The van der Waals surface area contributed by atoms with Crippen LogP contribution in [-0.2, 0) is 0 Å². The van der Waals surface area contributed by atoms with E-state index in [-0.39, 0.29) is 0 Å². The molecule has 0 aliphatic heterocycles. The zero-order valence-electron chi connectivity index (χ0n) is 5.59. The summed E-state index contributed by atoms with van der Waals surface area (Å²) in [7, 11) is 0. The Morgan fingerprint density at radius 3 is 3.10 bits per heavy atom.